The van der Waals surface area contributed by atoms with Crippen molar-refractivity contribution >= 4 is 6.29 Å². The number of allylic oxidation sites excluding steroid dienone is 1. The van der Waals surface area contributed by atoms with Crippen LogP contribution in [0.3, 0.4) is 0 Å². The van der Waals surface area contributed by atoms with Gasteiger partial charge in [0.2, 0.25) is 0 Å². The van der Waals surface area contributed by atoms with Gasteiger partial charge in [-0.05, 0) is 31.1 Å². The zero-order valence-electron chi connectivity index (χ0n) is 7.39. The van der Waals surface area contributed by atoms with Gasteiger partial charge in [-0.1, -0.05) is 19.1 Å². The van der Waals surface area contributed by atoms with Crippen LogP contribution >= 0.6 is 0 Å². The third-order valence-corrected chi connectivity index (χ3v) is 2.99. The molecule has 0 amide bonds. The minimum atomic E-state index is 0.244. The lowest BCUT2D eigenvalue weighted by Gasteiger charge is -2.47. The summed E-state index contributed by atoms with van der Waals surface area (Å²) >= 11 is 0. The topological polar surface area (TPSA) is 17.1 Å². The molecule has 1 aliphatic rings. The number of rotatable bonds is 3. The van der Waals surface area contributed by atoms with Gasteiger partial charge in [0.05, 0.1) is 0 Å². The molecule has 2 atom stereocenters. The second-order valence-electron chi connectivity index (χ2n) is 3.96. The summed E-state index contributed by atoms with van der Waals surface area (Å²) in [5.41, 5.74) is 1.48. The lowest BCUT2D eigenvalue weighted by Crippen LogP contribution is -2.38. The Bertz CT molecular complexity index is 183. The molecule has 0 N–H and O–H groups in total. The molecule has 1 nitrogen and oxygen atoms in total. The van der Waals surface area contributed by atoms with Crippen LogP contribution in [0.15, 0.2) is 12.2 Å². The van der Waals surface area contributed by atoms with Crippen LogP contribution in [0.5, 0.6) is 0 Å². The minimum absolute atomic E-state index is 0.244. The van der Waals surface area contributed by atoms with Crippen LogP contribution in [-0.4, -0.2) is 6.29 Å². The summed E-state index contributed by atoms with van der Waals surface area (Å²) in [6.45, 7) is 8.19. The Morgan fingerprint density at radius 2 is 2.45 bits per heavy atom. The highest BCUT2D eigenvalue weighted by Crippen LogP contribution is 2.51. The maximum Gasteiger partial charge on any atom is 0.120 e. The summed E-state index contributed by atoms with van der Waals surface area (Å²) in [4.78, 5) is 10.4. The van der Waals surface area contributed by atoms with Gasteiger partial charge in [-0.2, -0.15) is 0 Å². The molecule has 11 heavy (non-hydrogen) atoms. The second kappa shape index (κ2) is 2.80. The van der Waals surface area contributed by atoms with Crippen molar-refractivity contribution in [2.24, 2.45) is 11.3 Å². The van der Waals surface area contributed by atoms with Crippen LogP contribution in [-0.2, 0) is 4.79 Å². The van der Waals surface area contributed by atoms with E-state index < -0.39 is 0 Å². The Morgan fingerprint density at radius 3 is 2.73 bits per heavy atom. The quantitative estimate of drug-likeness (QED) is 0.448. The first-order valence-electron chi connectivity index (χ1n) is 4.19. The van der Waals surface area contributed by atoms with Crippen molar-refractivity contribution in [3.63, 3.8) is 0 Å². The molecular formula is C10H16O. The van der Waals surface area contributed by atoms with E-state index >= 15 is 0 Å². The third-order valence-electron chi connectivity index (χ3n) is 2.99. The van der Waals surface area contributed by atoms with Gasteiger partial charge >= 0.3 is 0 Å². The van der Waals surface area contributed by atoms with Gasteiger partial charge in [-0.15, -0.1) is 0 Å². The van der Waals surface area contributed by atoms with Crippen LogP contribution in [0.4, 0.5) is 0 Å². The molecule has 0 aliphatic heterocycles. The lowest BCUT2D eigenvalue weighted by atomic mass is 9.58. The SMILES string of the molecule is C=C(C)[C@@H]1CC[C@]1(C)CC=O. The normalized spacial score (nSPS) is 36.0. The summed E-state index contributed by atoms with van der Waals surface area (Å²) in [5, 5.41) is 0. The van der Waals surface area contributed by atoms with Crippen LogP contribution in [0.2, 0.25) is 0 Å². The van der Waals surface area contributed by atoms with Crippen molar-refractivity contribution in [1.82, 2.24) is 0 Å². The first kappa shape index (κ1) is 8.51. The van der Waals surface area contributed by atoms with E-state index in [9.17, 15) is 4.79 Å². The summed E-state index contributed by atoms with van der Waals surface area (Å²) in [6.07, 6.45) is 4.14. The lowest BCUT2D eigenvalue weighted by molar-refractivity contribution is -0.111. The Morgan fingerprint density at radius 1 is 1.82 bits per heavy atom. The molecule has 0 heterocycles. The van der Waals surface area contributed by atoms with Crippen LogP contribution in [0, 0.1) is 11.3 Å². The summed E-state index contributed by atoms with van der Waals surface area (Å²) in [7, 11) is 0. The average molecular weight is 152 g/mol. The molecule has 1 heteroatoms. The molecule has 0 unspecified atom stereocenters. The third kappa shape index (κ3) is 1.37. The van der Waals surface area contributed by atoms with E-state index in [-0.39, 0.29) is 5.41 Å². The van der Waals surface area contributed by atoms with Crippen LogP contribution in [0.1, 0.15) is 33.1 Å². The monoisotopic (exact) mass is 152 g/mol. The van der Waals surface area contributed by atoms with Gasteiger partial charge in [0.15, 0.2) is 0 Å². The molecule has 1 aliphatic carbocycles. The summed E-state index contributed by atoms with van der Waals surface area (Å²) in [5.74, 6) is 0.590. The van der Waals surface area contributed by atoms with Crippen LogP contribution in [0.25, 0.3) is 0 Å². The highest BCUT2D eigenvalue weighted by molar-refractivity contribution is 5.51. The standard InChI is InChI=1S/C10H16O/c1-8(2)9-4-5-10(9,3)6-7-11/h7,9H,1,4-6H2,2-3H3/t9-,10+/m0/s1. The van der Waals surface area contributed by atoms with E-state index in [1.807, 2.05) is 0 Å². The number of carbonyl (C=O) groups is 1. The Kier molecular flexibility index (Phi) is 2.17. The Balaban J connectivity index is 2.58. The highest BCUT2D eigenvalue weighted by Gasteiger charge is 2.42. The molecule has 0 saturated heterocycles. The van der Waals surface area contributed by atoms with Gasteiger partial charge in [0.1, 0.15) is 6.29 Å². The van der Waals surface area contributed by atoms with E-state index in [1.54, 1.807) is 0 Å². The molecule has 0 radical (unpaired) electrons. The Labute approximate surface area is 68.5 Å². The summed E-state index contributed by atoms with van der Waals surface area (Å²) < 4.78 is 0. The fraction of sp³-hybridized carbons (Fsp3) is 0.700. The molecule has 0 aromatic heterocycles. The van der Waals surface area contributed by atoms with Gasteiger partial charge in [0.25, 0.3) is 0 Å². The molecular weight excluding hydrogens is 136 g/mol. The molecule has 0 aromatic rings. The van der Waals surface area contributed by atoms with E-state index in [0.29, 0.717) is 12.3 Å². The smallest absolute Gasteiger partial charge is 0.120 e. The van der Waals surface area contributed by atoms with Gasteiger partial charge in [-0.3, -0.25) is 0 Å². The average Bonchev–Trinajstić information content (AvgIpc) is 1.85. The molecule has 0 bridgehead atoms. The van der Waals surface area contributed by atoms with Crippen LogP contribution < -0.4 is 0 Å². The van der Waals surface area contributed by atoms with E-state index in [0.717, 1.165) is 6.29 Å². The maximum absolute atomic E-state index is 10.4. The van der Waals surface area contributed by atoms with Crippen molar-refractivity contribution < 1.29 is 4.79 Å². The zero-order chi connectivity index (χ0) is 8.48. The fourth-order valence-electron chi connectivity index (χ4n) is 2.06. The first-order valence-corrected chi connectivity index (χ1v) is 4.19. The van der Waals surface area contributed by atoms with Gasteiger partial charge in [0, 0.05) is 6.42 Å². The van der Waals surface area contributed by atoms with Gasteiger partial charge < -0.3 is 4.79 Å². The number of carbonyl (C=O) groups excluding carboxylic acids is 1. The number of hydrogen-bond donors (Lipinski definition) is 0. The molecule has 0 spiro atoms. The number of aldehydes is 1. The fourth-order valence-corrected chi connectivity index (χ4v) is 2.06. The second-order valence-corrected chi connectivity index (χ2v) is 3.96. The minimum Gasteiger partial charge on any atom is -0.303 e. The van der Waals surface area contributed by atoms with Gasteiger partial charge in [-0.25, -0.2) is 0 Å². The van der Waals surface area contributed by atoms with Crippen molar-refractivity contribution in [2.75, 3.05) is 0 Å². The Hall–Kier alpha value is -0.590. The van der Waals surface area contributed by atoms with Crippen molar-refractivity contribution in [2.45, 2.75) is 33.1 Å². The summed E-state index contributed by atoms with van der Waals surface area (Å²) in [6, 6.07) is 0. The molecule has 1 fully saturated rings. The first-order chi connectivity index (χ1) is 5.10. The molecule has 62 valence electrons. The van der Waals surface area contributed by atoms with E-state index in [1.165, 1.54) is 18.4 Å². The molecule has 0 aromatic carbocycles. The van der Waals surface area contributed by atoms with Crippen molar-refractivity contribution in [1.29, 1.82) is 0 Å². The predicted octanol–water partition coefficient (Wildman–Crippen LogP) is 2.57. The van der Waals surface area contributed by atoms with Crippen molar-refractivity contribution in [3.05, 3.63) is 12.2 Å². The highest BCUT2D eigenvalue weighted by atomic mass is 16.1. The molecule has 1 saturated carbocycles. The maximum atomic E-state index is 10.4. The predicted molar refractivity (Wildman–Crippen MR) is 46.3 cm³/mol. The number of hydrogen-bond acceptors (Lipinski definition) is 1. The largest absolute Gasteiger partial charge is 0.303 e. The molecule has 1 rings (SSSR count). The zero-order valence-corrected chi connectivity index (χ0v) is 7.39. The van der Waals surface area contributed by atoms with E-state index in [2.05, 4.69) is 20.4 Å². The van der Waals surface area contributed by atoms with E-state index in [4.69, 9.17) is 0 Å². The van der Waals surface area contributed by atoms with Crippen molar-refractivity contribution in [3.8, 4) is 0 Å².